The molecule has 0 unspecified atom stereocenters. The van der Waals surface area contributed by atoms with Gasteiger partial charge in [0.05, 0.1) is 23.8 Å². The van der Waals surface area contributed by atoms with E-state index in [1.54, 1.807) is 19.2 Å². The summed E-state index contributed by atoms with van der Waals surface area (Å²) in [6.45, 7) is 2.94. The lowest BCUT2D eigenvalue weighted by atomic mass is 9.54. The van der Waals surface area contributed by atoms with E-state index in [2.05, 4.69) is 30.4 Å². The topological polar surface area (TPSA) is 64.6 Å². The number of carbonyl (C=O) groups excluding carboxylic acids is 2. The van der Waals surface area contributed by atoms with E-state index in [4.69, 9.17) is 32.7 Å². The lowest BCUT2D eigenvalue weighted by Crippen LogP contribution is -2.44. The molecule has 0 radical (unpaired) electrons. The molecule has 38 heavy (non-hydrogen) atoms. The number of ketones is 1. The second kappa shape index (κ2) is 11.5. The number of methoxy groups -OCH3 is 1. The molecule has 1 amide bonds. The van der Waals surface area contributed by atoms with E-state index < -0.39 is 6.09 Å². The third kappa shape index (κ3) is 5.42. The number of halogens is 2. The SMILES string of the molecule is COc1ccc2c(c1)CC[C@H]1[C@@H]3[C@H](CCCCOC(=O)NCc4ccc(Cl)c(Cl)c4)CC(=O)[C@@]3(C)CC[C@H]21. The molecule has 5 rings (SSSR count). The van der Waals surface area contributed by atoms with E-state index >= 15 is 0 Å². The molecule has 0 aromatic heterocycles. The summed E-state index contributed by atoms with van der Waals surface area (Å²) in [5, 5.41) is 3.70. The molecule has 2 fully saturated rings. The zero-order valence-electron chi connectivity index (χ0n) is 22.2. The Labute approximate surface area is 235 Å². The van der Waals surface area contributed by atoms with E-state index in [1.807, 2.05) is 6.07 Å². The van der Waals surface area contributed by atoms with Gasteiger partial charge in [0.1, 0.15) is 11.5 Å². The summed E-state index contributed by atoms with van der Waals surface area (Å²) >= 11 is 12.0. The number of unbranched alkanes of at least 4 members (excludes halogenated alkanes) is 1. The lowest BCUT2D eigenvalue weighted by Gasteiger charge is -2.50. The normalized spacial score (nSPS) is 27.7. The third-order valence-electron chi connectivity index (χ3n) is 9.40. The molecule has 0 spiro atoms. The average molecular weight is 559 g/mol. The Kier molecular flexibility index (Phi) is 8.25. The van der Waals surface area contributed by atoms with E-state index in [0.29, 0.717) is 59.1 Å². The molecule has 2 aromatic rings. The van der Waals surface area contributed by atoms with Crippen molar-refractivity contribution in [1.82, 2.24) is 5.32 Å². The predicted molar refractivity (Wildman–Crippen MR) is 150 cm³/mol. The molecule has 2 aromatic carbocycles. The van der Waals surface area contributed by atoms with Crippen LogP contribution in [0.3, 0.4) is 0 Å². The van der Waals surface area contributed by atoms with Crippen LogP contribution in [0.15, 0.2) is 36.4 Å². The number of amides is 1. The van der Waals surface area contributed by atoms with Gasteiger partial charge in [0.2, 0.25) is 0 Å². The number of ether oxygens (including phenoxy) is 2. The highest BCUT2D eigenvalue weighted by atomic mass is 35.5. The van der Waals surface area contributed by atoms with E-state index in [9.17, 15) is 9.59 Å². The molecule has 0 aliphatic heterocycles. The van der Waals surface area contributed by atoms with Crippen LogP contribution >= 0.6 is 23.2 Å². The van der Waals surface area contributed by atoms with Crippen LogP contribution in [0.4, 0.5) is 4.79 Å². The summed E-state index contributed by atoms with van der Waals surface area (Å²) in [4.78, 5) is 25.4. The van der Waals surface area contributed by atoms with Crippen molar-refractivity contribution < 1.29 is 19.1 Å². The molecule has 7 heteroatoms. The summed E-state index contributed by atoms with van der Waals surface area (Å²) in [6.07, 6.45) is 7.32. The van der Waals surface area contributed by atoms with Gasteiger partial charge in [-0.25, -0.2) is 4.79 Å². The minimum absolute atomic E-state index is 0.184. The fourth-order valence-corrected chi connectivity index (χ4v) is 7.88. The quantitative estimate of drug-likeness (QED) is 0.337. The first kappa shape index (κ1) is 27.3. The number of fused-ring (bicyclic) bond motifs is 5. The Morgan fingerprint density at radius 3 is 2.74 bits per heavy atom. The molecule has 0 heterocycles. The fraction of sp³-hybridized carbons (Fsp3) is 0.548. The largest absolute Gasteiger partial charge is 0.497 e. The van der Waals surface area contributed by atoms with Crippen LogP contribution in [-0.4, -0.2) is 25.6 Å². The molecule has 0 bridgehead atoms. The number of rotatable bonds is 8. The number of hydrogen-bond donors (Lipinski definition) is 1. The monoisotopic (exact) mass is 557 g/mol. The van der Waals surface area contributed by atoms with Crippen LogP contribution in [0, 0.1) is 23.2 Å². The van der Waals surface area contributed by atoms with E-state index in [0.717, 1.165) is 56.3 Å². The molecule has 5 nitrogen and oxygen atoms in total. The average Bonchev–Trinajstić information content (AvgIpc) is 3.18. The van der Waals surface area contributed by atoms with Gasteiger partial charge in [-0.2, -0.15) is 0 Å². The predicted octanol–water partition coefficient (Wildman–Crippen LogP) is 7.75. The van der Waals surface area contributed by atoms with E-state index in [1.165, 1.54) is 11.1 Å². The van der Waals surface area contributed by atoms with Crippen molar-refractivity contribution in [1.29, 1.82) is 0 Å². The van der Waals surface area contributed by atoms with Crippen LogP contribution in [-0.2, 0) is 22.5 Å². The lowest BCUT2D eigenvalue weighted by molar-refractivity contribution is -0.129. The Bertz CT molecular complexity index is 1200. The molecule has 5 atom stereocenters. The molecular weight excluding hydrogens is 521 g/mol. The second-order valence-electron chi connectivity index (χ2n) is 11.5. The van der Waals surface area contributed by atoms with Crippen molar-refractivity contribution in [3.63, 3.8) is 0 Å². The van der Waals surface area contributed by atoms with Gasteiger partial charge < -0.3 is 14.8 Å². The van der Waals surface area contributed by atoms with Crippen molar-refractivity contribution in [3.8, 4) is 5.75 Å². The zero-order valence-corrected chi connectivity index (χ0v) is 23.7. The summed E-state index contributed by atoms with van der Waals surface area (Å²) in [7, 11) is 1.73. The summed E-state index contributed by atoms with van der Waals surface area (Å²) in [5.74, 6) is 3.36. The Balaban J connectivity index is 1.12. The number of benzene rings is 2. The fourth-order valence-electron chi connectivity index (χ4n) is 7.56. The number of carbonyl (C=O) groups is 2. The highest BCUT2D eigenvalue weighted by molar-refractivity contribution is 6.42. The third-order valence-corrected chi connectivity index (χ3v) is 10.1. The number of nitrogens with one attached hydrogen (secondary N) is 1. The van der Waals surface area contributed by atoms with Gasteiger partial charge in [-0.3, -0.25) is 4.79 Å². The van der Waals surface area contributed by atoms with Crippen LogP contribution in [0.1, 0.15) is 74.5 Å². The van der Waals surface area contributed by atoms with E-state index in [-0.39, 0.29) is 5.41 Å². The first-order valence-corrected chi connectivity index (χ1v) is 14.6. The second-order valence-corrected chi connectivity index (χ2v) is 12.3. The van der Waals surface area contributed by atoms with Crippen molar-refractivity contribution in [2.24, 2.45) is 23.2 Å². The van der Waals surface area contributed by atoms with Gasteiger partial charge in [0.25, 0.3) is 0 Å². The highest BCUT2D eigenvalue weighted by Gasteiger charge is 2.58. The van der Waals surface area contributed by atoms with Crippen LogP contribution in [0.5, 0.6) is 5.75 Å². The summed E-state index contributed by atoms with van der Waals surface area (Å²) in [6, 6.07) is 11.8. The maximum absolute atomic E-state index is 13.2. The van der Waals surface area contributed by atoms with Crippen LogP contribution < -0.4 is 10.1 Å². The van der Waals surface area contributed by atoms with Crippen molar-refractivity contribution in [2.75, 3.05) is 13.7 Å². The molecule has 3 aliphatic carbocycles. The first-order valence-electron chi connectivity index (χ1n) is 13.8. The highest BCUT2D eigenvalue weighted by Crippen LogP contribution is 2.62. The molecule has 0 saturated heterocycles. The minimum atomic E-state index is -0.438. The number of hydrogen-bond acceptors (Lipinski definition) is 4. The van der Waals surface area contributed by atoms with Gasteiger partial charge in [0, 0.05) is 18.4 Å². The van der Waals surface area contributed by atoms with Gasteiger partial charge in [0.15, 0.2) is 0 Å². The van der Waals surface area contributed by atoms with Crippen molar-refractivity contribution >= 4 is 35.1 Å². The number of Topliss-reactive ketones (excluding diaryl/α,β-unsaturated/α-hetero) is 1. The standard InChI is InChI=1S/C31H37Cl2NO4/c1-31-13-12-24-23-10-8-22(37-2)16-20(23)7-9-25(24)29(31)21(17-28(31)35)5-3-4-14-38-30(36)34-18-19-6-11-26(32)27(33)15-19/h6,8,10-11,15-16,21,24-25,29H,3-5,7,9,12-14,17-18H2,1-2H3,(H,34,36)/t21-,24-,25-,29+,31-/m1/s1. The minimum Gasteiger partial charge on any atom is -0.497 e. The van der Waals surface area contributed by atoms with Gasteiger partial charge in [-0.05, 0) is 110 Å². The Morgan fingerprint density at radius 1 is 1.11 bits per heavy atom. The van der Waals surface area contributed by atoms with Gasteiger partial charge >= 0.3 is 6.09 Å². The Morgan fingerprint density at radius 2 is 1.95 bits per heavy atom. The summed E-state index contributed by atoms with van der Waals surface area (Å²) in [5.41, 5.74) is 3.57. The molecule has 3 aliphatic rings. The smallest absolute Gasteiger partial charge is 0.407 e. The molecule has 1 N–H and O–H groups in total. The number of aryl methyl sites for hydroxylation is 1. The molecular formula is C31H37Cl2NO4. The maximum Gasteiger partial charge on any atom is 0.407 e. The first-order chi connectivity index (χ1) is 18.3. The van der Waals surface area contributed by atoms with Crippen molar-refractivity contribution in [2.45, 2.75) is 70.8 Å². The zero-order chi connectivity index (χ0) is 26.9. The van der Waals surface area contributed by atoms with Crippen LogP contribution in [0.2, 0.25) is 10.0 Å². The molecule has 2 saturated carbocycles. The van der Waals surface area contributed by atoms with Gasteiger partial charge in [-0.15, -0.1) is 0 Å². The Hall–Kier alpha value is -2.24. The van der Waals surface area contributed by atoms with Crippen LogP contribution in [0.25, 0.3) is 0 Å². The van der Waals surface area contributed by atoms with Gasteiger partial charge in [-0.1, -0.05) is 42.3 Å². The summed E-state index contributed by atoms with van der Waals surface area (Å²) < 4.78 is 10.9. The maximum atomic E-state index is 13.2. The van der Waals surface area contributed by atoms with Crippen molar-refractivity contribution in [3.05, 3.63) is 63.1 Å². The molecule has 204 valence electrons. The number of alkyl carbamates (subject to hydrolysis) is 1.